The zero-order valence-electron chi connectivity index (χ0n) is 15.5. The third kappa shape index (κ3) is 3.66. The Morgan fingerprint density at radius 3 is 2.75 bits per heavy atom. The number of thioether (sulfide) groups is 1. The van der Waals surface area contributed by atoms with Crippen molar-refractivity contribution in [2.45, 2.75) is 24.7 Å². The van der Waals surface area contributed by atoms with Gasteiger partial charge in [-0.25, -0.2) is 8.42 Å². The van der Waals surface area contributed by atoms with Gasteiger partial charge in [0, 0.05) is 29.2 Å². The lowest BCUT2D eigenvalue weighted by atomic mass is 10.1. The van der Waals surface area contributed by atoms with Crippen LogP contribution in [0.2, 0.25) is 0 Å². The molecule has 2 aromatic carbocycles. The molecule has 2 heterocycles. The Morgan fingerprint density at radius 2 is 2.00 bits per heavy atom. The van der Waals surface area contributed by atoms with E-state index in [-0.39, 0.29) is 11.7 Å². The van der Waals surface area contributed by atoms with Crippen LogP contribution in [0.5, 0.6) is 0 Å². The molecule has 2 aliphatic rings. The summed E-state index contributed by atoms with van der Waals surface area (Å²) in [6.07, 6.45) is 1.92. The summed E-state index contributed by atoms with van der Waals surface area (Å²) in [4.78, 5) is 17.8. The Bertz CT molecular complexity index is 1040. The molecule has 0 aromatic heterocycles. The minimum atomic E-state index is -3.39. The average molecular weight is 416 g/mol. The summed E-state index contributed by atoms with van der Waals surface area (Å²) >= 11 is 1.31. The molecular weight excluding hydrogens is 394 g/mol. The number of hydrogen-bond donors (Lipinski definition) is 0. The molecule has 1 amide bonds. The van der Waals surface area contributed by atoms with Crippen molar-refractivity contribution in [1.82, 2.24) is 0 Å². The molecule has 0 aliphatic carbocycles. The molecule has 6 nitrogen and oxygen atoms in total. The molecule has 0 N–H and O–H groups in total. The predicted octanol–water partition coefficient (Wildman–Crippen LogP) is 3.75. The molecule has 2 aromatic rings. The smallest absolute Gasteiger partial charge is 0.258 e. The van der Waals surface area contributed by atoms with E-state index in [9.17, 15) is 13.2 Å². The molecule has 0 saturated heterocycles. The van der Waals surface area contributed by atoms with E-state index in [1.54, 1.807) is 4.90 Å². The quantitative estimate of drug-likeness (QED) is 0.744. The molecule has 0 radical (unpaired) electrons. The Labute approximate surface area is 169 Å². The average Bonchev–Trinajstić information content (AvgIpc) is 3.04. The Balaban J connectivity index is 1.65. The third-order valence-corrected chi connectivity index (χ3v) is 7.07. The van der Waals surface area contributed by atoms with Crippen molar-refractivity contribution in [1.29, 1.82) is 0 Å². The normalized spacial score (nSPS) is 16.9. The first-order valence-electron chi connectivity index (χ1n) is 9.27. The fourth-order valence-electron chi connectivity index (χ4n) is 3.29. The standard InChI is InChI=1S/C20H21N3O3S2/c1-2-3-11-22(16-7-5-4-6-8-16)19(24)15-9-10-17-18(14-15)27-20-21-28(25,26)13-12-23(17)20/h4-10,14H,2-3,11-13H2,1H3. The van der Waals surface area contributed by atoms with Crippen LogP contribution in [0.4, 0.5) is 11.4 Å². The number of rotatable bonds is 5. The van der Waals surface area contributed by atoms with Crippen molar-refractivity contribution in [2.24, 2.45) is 4.40 Å². The van der Waals surface area contributed by atoms with Gasteiger partial charge in [-0.2, -0.15) is 0 Å². The number of benzene rings is 2. The highest BCUT2D eigenvalue weighted by atomic mass is 32.2. The van der Waals surface area contributed by atoms with Gasteiger partial charge in [-0.1, -0.05) is 31.5 Å². The van der Waals surface area contributed by atoms with Crippen LogP contribution in [-0.4, -0.2) is 38.3 Å². The number of nitrogens with zero attached hydrogens (tertiary/aromatic N) is 3. The summed E-state index contributed by atoms with van der Waals surface area (Å²) in [7, 11) is -3.39. The van der Waals surface area contributed by atoms with Gasteiger partial charge in [0.2, 0.25) is 0 Å². The maximum Gasteiger partial charge on any atom is 0.258 e. The van der Waals surface area contributed by atoms with Gasteiger partial charge < -0.3 is 9.80 Å². The highest BCUT2D eigenvalue weighted by molar-refractivity contribution is 8.15. The summed E-state index contributed by atoms with van der Waals surface area (Å²) in [6, 6.07) is 15.2. The molecule has 146 valence electrons. The Hall–Kier alpha value is -2.32. The lowest BCUT2D eigenvalue weighted by Gasteiger charge is -2.24. The fourth-order valence-corrected chi connectivity index (χ4v) is 5.59. The monoisotopic (exact) mass is 415 g/mol. The number of amides is 1. The van der Waals surface area contributed by atoms with Crippen LogP contribution in [0.3, 0.4) is 0 Å². The zero-order chi connectivity index (χ0) is 19.7. The second-order valence-electron chi connectivity index (χ2n) is 6.74. The van der Waals surface area contributed by atoms with E-state index in [1.807, 2.05) is 53.4 Å². The Morgan fingerprint density at radius 1 is 1.21 bits per heavy atom. The number of hydrogen-bond acceptors (Lipinski definition) is 5. The molecule has 0 atom stereocenters. The molecular formula is C20H21N3O3S2. The Kier molecular flexibility index (Phi) is 5.16. The van der Waals surface area contributed by atoms with E-state index in [0.29, 0.717) is 23.8 Å². The van der Waals surface area contributed by atoms with Crippen LogP contribution in [0.1, 0.15) is 30.1 Å². The van der Waals surface area contributed by atoms with Crippen molar-refractivity contribution >= 4 is 44.2 Å². The van der Waals surface area contributed by atoms with E-state index in [2.05, 4.69) is 11.3 Å². The molecule has 0 spiro atoms. The number of para-hydroxylation sites is 1. The third-order valence-electron chi connectivity index (χ3n) is 4.77. The van der Waals surface area contributed by atoms with Crippen molar-refractivity contribution in [3.8, 4) is 0 Å². The van der Waals surface area contributed by atoms with Crippen LogP contribution >= 0.6 is 11.8 Å². The van der Waals surface area contributed by atoms with E-state index in [0.717, 1.165) is 29.1 Å². The molecule has 0 saturated carbocycles. The van der Waals surface area contributed by atoms with Gasteiger partial charge >= 0.3 is 0 Å². The maximum absolute atomic E-state index is 13.2. The van der Waals surface area contributed by atoms with Crippen LogP contribution in [0.25, 0.3) is 0 Å². The second kappa shape index (κ2) is 7.60. The number of carbonyl (C=O) groups is 1. The number of unbranched alkanes of at least 4 members (excludes halogenated alkanes) is 1. The van der Waals surface area contributed by atoms with Gasteiger partial charge in [0.1, 0.15) is 0 Å². The number of anilines is 2. The first-order valence-corrected chi connectivity index (χ1v) is 11.7. The molecule has 4 rings (SSSR count). The highest BCUT2D eigenvalue weighted by Crippen LogP contribution is 2.42. The largest absolute Gasteiger partial charge is 0.318 e. The van der Waals surface area contributed by atoms with Crippen LogP contribution in [-0.2, 0) is 10.0 Å². The van der Waals surface area contributed by atoms with Crippen molar-refractivity contribution in [3.05, 3.63) is 54.1 Å². The minimum absolute atomic E-state index is 0.00991. The zero-order valence-corrected chi connectivity index (χ0v) is 17.2. The van der Waals surface area contributed by atoms with Gasteiger partial charge in [-0.15, -0.1) is 4.40 Å². The number of sulfonamides is 1. The first kappa shape index (κ1) is 19.0. The number of carbonyl (C=O) groups excluding carboxylic acids is 1. The van der Waals surface area contributed by atoms with Crippen molar-refractivity contribution in [2.75, 3.05) is 28.6 Å². The molecule has 8 heteroatoms. The van der Waals surface area contributed by atoms with E-state index in [1.165, 1.54) is 11.8 Å². The molecule has 0 fully saturated rings. The molecule has 28 heavy (non-hydrogen) atoms. The van der Waals surface area contributed by atoms with E-state index in [4.69, 9.17) is 0 Å². The fraction of sp³-hybridized carbons (Fsp3) is 0.300. The van der Waals surface area contributed by atoms with Gasteiger partial charge in [-0.3, -0.25) is 4.79 Å². The van der Waals surface area contributed by atoms with Gasteiger partial charge in [0.25, 0.3) is 15.9 Å². The summed E-state index contributed by atoms with van der Waals surface area (Å²) in [6.45, 7) is 3.15. The summed E-state index contributed by atoms with van der Waals surface area (Å²) < 4.78 is 27.4. The first-order chi connectivity index (χ1) is 13.5. The lowest BCUT2D eigenvalue weighted by Crippen LogP contribution is -2.35. The maximum atomic E-state index is 13.2. The molecule has 2 aliphatic heterocycles. The SMILES string of the molecule is CCCCN(C(=O)c1ccc2c(c1)SC1=NS(=O)(=O)CCN12)c1ccccc1. The van der Waals surface area contributed by atoms with E-state index < -0.39 is 10.0 Å². The topological polar surface area (TPSA) is 70.0 Å². The molecule has 0 unspecified atom stereocenters. The van der Waals surface area contributed by atoms with Gasteiger partial charge in [0.05, 0.1) is 11.4 Å². The predicted molar refractivity (Wildman–Crippen MR) is 114 cm³/mol. The molecule has 0 bridgehead atoms. The minimum Gasteiger partial charge on any atom is -0.318 e. The number of amidine groups is 1. The lowest BCUT2D eigenvalue weighted by molar-refractivity contribution is 0.0986. The summed E-state index contributed by atoms with van der Waals surface area (Å²) in [5.74, 6) is -0.0434. The van der Waals surface area contributed by atoms with E-state index >= 15 is 0 Å². The van der Waals surface area contributed by atoms with Crippen molar-refractivity contribution in [3.63, 3.8) is 0 Å². The van der Waals surface area contributed by atoms with Crippen LogP contribution in [0.15, 0.2) is 57.8 Å². The van der Waals surface area contributed by atoms with Crippen LogP contribution in [0, 0.1) is 0 Å². The summed E-state index contributed by atoms with van der Waals surface area (Å²) in [5, 5.41) is 0.469. The highest BCUT2D eigenvalue weighted by Gasteiger charge is 2.33. The van der Waals surface area contributed by atoms with Crippen LogP contribution < -0.4 is 9.80 Å². The second-order valence-corrected chi connectivity index (χ2v) is 9.51. The van der Waals surface area contributed by atoms with Gasteiger partial charge in [-0.05, 0) is 48.5 Å². The van der Waals surface area contributed by atoms with Crippen molar-refractivity contribution < 1.29 is 13.2 Å². The van der Waals surface area contributed by atoms with Gasteiger partial charge in [0.15, 0.2) is 5.17 Å². The summed E-state index contributed by atoms with van der Waals surface area (Å²) in [5.41, 5.74) is 2.38. The number of fused-ring (bicyclic) bond motifs is 3.